The minimum absolute atomic E-state index is 0.477. The van der Waals surface area contributed by atoms with Gasteiger partial charge in [0.25, 0.3) is 0 Å². The first-order chi connectivity index (χ1) is 10.2. The van der Waals surface area contributed by atoms with Gasteiger partial charge in [0.2, 0.25) is 5.78 Å². The Balaban J connectivity index is 4.22. The molecule has 1 rings (SSSR count). The lowest BCUT2D eigenvalue weighted by Gasteiger charge is -2.36. The van der Waals surface area contributed by atoms with Crippen molar-refractivity contribution >= 4 is 5.78 Å². The summed E-state index contributed by atoms with van der Waals surface area (Å²) in [5.41, 5.74) is -11.4. The summed E-state index contributed by atoms with van der Waals surface area (Å²) in [4.78, 5) is 52.5. The molecular weight excluding hydrogens is 320 g/mol. The third-order valence-electron chi connectivity index (χ3n) is 4.33. The highest BCUT2D eigenvalue weighted by Crippen LogP contribution is 2.50. The van der Waals surface area contributed by atoms with Gasteiger partial charge in [0.15, 0.2) is 0 Å². The molecule has 126 valence electrons. The van der Waals surface area contributed by atoms with Crippen molar-refractivity contribution in [1.82, 2.24) is 0 Å². The molecule has 1 aliphatic carbocycles. The van der Waals surface area contributed by atoms with E-state index in [1.54, 1.807) is 0 Å². The maximum atomic E-state index is 12.5. The average molecular weight is 332 g/mol. The average Bonchev–Trinajstić information content (AvgIpc) is 2.38. The lowest BCUT2D eigenvalue weighted by molar-refractivity contribution is -0.683. The van der Waals surface area contributed by atoms with Gasteiger partial charge >= 0.3 is 22.5 Å². The fourth-order valence-corrected chi connectivity index (χ4v) is 2.80. The van der Waals surface area contributed by atoms with E-state index in [4.69, 9.17) is 0 Å². The van der Waals surface area contributed by atoms with Crippen LogP contribution < -0.4 is 0 Å². The second-order valence-electron chi connectivity index (χ2n) is 5.82. The molecule has 0 aromatic heterocycles. The predicted molar refractivity (Wildman–Crippen MR) is 70.6 cm³/mol. The third kappa shape index (κ3) is 1.89. The molecule has 13 heteroatoms. The van der Waals surface area contributed by atoms with Crippen LogP contribution in [-0.4, -0.2) is 36.6 Å². The standard InChI is InChI=1S/C10H12N4O9/c1-8(2)5(11(16)17)6(12(18)19)9(3,13(20)21)10(4,7(8)15)14(22)23/h1-4H3/t9-,10-/m1/s1. The van der Waals surface area contributed by atoms with E-state index in [-0.39, 0.29) is 0 Å². The van der Waals surface area contributed by atoms with Crippen LogP contribution in [-0.2, 0) is 4.79 Å². The number of carbonyl (C=O) groups excluding carboxylic acids is 1. The molecule has 0 unspecified atom stereocenters. The fourth-order valence-electron chi connectivity index (χ4n) is 2.80. The first-order valence-corrected chi connectivity index (χ1v) is 6.06. The van der Waals surface area contributed by atoms with Crippen LogP contribution in [0.1, 0.15) is 27.7 Å². The van der Waals surface area contributed by atoms with Crippen LogP contribution in [0.5, 0.6) is 0 Å². The molecule has 0 aromatic rings. The van der Waals surface area contributed by atoms with Gasteiger partial charge in [0.1, 0.15) is 5.41 Å². The van der Waals surface area contributed by atoms with E-state index in [2.05, 4.69) is 0 Å². The summed E-state index contributed by atoms with van der Waals surface area (Å²) in [5.74, 6) is -1.45. The molecule has 0 saturated heterocycles. The van der Waals surface area contributed by atoms with Crippen LogP contribution >= 0.6 is 0 Å². The van der Waals surface area contributed by atoms with Crippen molar-refractivity contribution in [2.45, 2.75) is 38.8 Å². The van der Waals surface area contributed by atoms with Crippen LogP contribution in [0.3, 0.4) is 0 Å². The SMILES string of the molecule is CC1(C)C(=O)[C@@](C)([N+](=O)[O-])[C@](C)([N+](=O)[O-])C([N+](=O)[O-])=C1[N+](=O)[O-]. The summed E-state index contributed by atoms with van der Waals surface area (Å²) in [6, 6.07) is 0. The number of rotatable bonds is 4. The molecule has 0 aromatic carbocycles. The van der Waals surface area contributed by atoms with Crippen LogP contribution in [0.25, 0.3) is 0 Å². The number of allylic oxidation sites excluding steroid dienone is 1. The highest BCUT2D eigenvalue weighted by Gasteiger charge is 2.84. The number of hydrogen-bond donors (Lipinski definition) is 0. The second-order valence-corrected chi connectivity index (χ2v) is 5.82. The molecule has 23 heavy (non-hydrogen) atoms. The summed E-state index contributed by atoms with van der Waals surface area (Å²) in [7, 11) is 0. The predicted octanol–water partition coefficient (Wildman–Crippen LogP) is 0.431. The van der Waals surface area contributed by atoms with Gasteiger partial charge in [-0.15, -0.1) is 0 Å². The van der Waals surface area contributed by atoms with E-state index in [1.165, 1.54) is 0 Å². The number of ketones is 1. The molecule has 1 aliphatic rings. The Morgan fingerprint density at radius 2 is 1.04 bits per heavy atom. The zero-order valence-electron chi connectivity index (χ0n) is 12.5. The highest BCUT2D eigenvalue weighted by molar-refractivity contribution is 5.96. The van der Waals surface area contributed by atoms with Crippen LogP contribution in [0.2, 0.25) is 0 Å². The van der Waals surface area contributed by atoms with Crippen molar-refractivity contribution in [3.63, 3.8) is 0 Å². The summed E-state index contributed by atoms with van der Waals surface area (Å²) in [5, 5.41) is 45.3. The Hall–Kier alpha value is -2.99. The van der Waals surface area contributed by atoms with E-state index >= 15 is 0 Å². The van der Waals surface area contributed by atoms with Crippen molar-refractivity contribution in [2.75, 3.05) is 0 Å². The van der Waals surface area contributed by atoms with Crippen LogP contribution in [0.4, 0.5) is 0 Å². The van der Waals surface area contributed by atoms with Gasteiger partial charge in [-0.2, -0.15) is 0 Å². The molecule has 0 bridgehead atoms. The zero-order chi connectivity index (χ0) is 18.5. The monoisotopic (exact) mass is 332 g/mol. The molecule has 0 heterocycles. The number of carbonyl (C=O) groups is 1. The molecule has 0 aliphatic heterocycles. The molecule has 0 N–H and O–H groups in total. The van der Waals surface area contributed by atoms with E-state index in [1.807, 2.05) is 0 Å². The Kier molecular flexibility index (Phi) is 3.73. The van der Waals surface area contributed by atoms with E-state index < -0.39 is 53.4 Å². The quantitative estimate of drug-likeness (QED) is 0.518. The molecule has 0 amide bonds. The summed E-state index contributed by atoms with van der Waals surface area (Å²) >= 11 is 0. The van der Waals surface area contributed by atoms with Gasteiger partial charge in [-0.25, -0.2) is 0 Å². The van der Waals surface area contributed by atoms with Crippen LogP contribution in [0, 0.1) is 45.9 Å². The van der Waals surface area contributed by atoms with Crippen molar-refractivity contribution in [1.29, 1.82) is 0 Å². The molecule has 2 atom stereocenters. The first-order valence-electron chi connectivity index (χ1n) is 6.06. The molecule has 0 spiro atoms. The highest BCUT2D eigenvalue weighted by atomic mass is 16.7. The maximum Gasteiger partial charge on any atom is 0.403 e. The Labute approximate surface area is 127 Å². The Morgan fingerprint density at radius 3 is 1.30 bits per heavy atom. The van der Waals surface area contributed by atoms with Gasteiger partial charge < -0.3 is 0 Å². The lowest BCUT2D eigenvalue weighted by atomic mass is 9.60. The van der Waals surface area contributed by atoms with Crippen molar-refractivity contribution in [3.8, 4) is 0 Å². The number of nitro groups is 4. The van der Waals surface area contributed by atoms with Gasteiger partial charge in [-0.05, 0) is 13.8 Å². The Morgan fingerprint density at radius 1 is 0.696 bits per heavy atom. The fraction of sp³-hybridized carbons (Fsp3) is 0.700. The second kappa shape index (κ2) is 4.76. The van der Waals surface area contributed by atoms with Gasteiger partial charge in [0, 0.05) is 23.7 Å². The van der Waals surface area contributed by atoms with Crippen molar-refractivity contribution in [2.24, 2.45) is 5.41 Å². The number of hydrogen-bond acceptors (Lipinski definition) is 9. The third-order valence-corrected chi connectivity index (χ3v) is 4.33. The number of nitrogens with zero attached hydrogens (tertiary/aromatic N) is 4. The first kappa shape index (κ1) is 18.1. The molecule has 13 nitrogen and oxygen atoms in total. The molecule has 0 saturated carbocycles. The van der Waals surface area contributed by atoms with E-state index in [9.17, 15) is 45.3 Å². The molecular formula is C10H12N4O9. The number of Topliss-reactive ketones (excluding diaryl/α,β-unsaturated/α-hetero) is 1. The van der Waals surface area contributed by atoms with Gasteiger partial charge in [0.05, 0.1) is 9.85 Å². The minimum atomic E-state index is -3.21. The van der Waals surface area contributed by atoms with Gasteiger partial charge in [-0.3, -0.25) is 45.3 Å². The normalized spacial score (nSPS) is 30.0. The summed E-state index contributed by atoms with van der Waals surface area (Å²) in [6.07, 6.45) is 0. The van der Waals surface area contributed by atoms with Crippen LogP contribution in [0.15, 0.2) is 11.4 Å². The molecule has 0 radical (unpaired) electrons. The van der Waals surface area contributed by atoms with E-state index in [0.717, 1.165) is 13.8 Å². The summed E-state index contributed by atoms with van der Waals surface area (Å²) in [6.45, 7) is 2.82. The van der Waals surface area contributed by atoms with Crippen molar-refractivity contribution in [3.05, 3.63) is 51.9 Å². The topological polar surface area (TPSA) is 190 Å². The molecule has 0 fully saturated rings. The smallest absolute Gasteiger partial charge is 0.290 e. The largest absolute Gasteiger partial charge is 0.403 e. The zero-order valence-corrected chi connectivity index (χ0v) is 12.5. The minimum Gasteiger partial charge on any atom is -0.290 e. The van der Waals surface area contributed by atoms with Crippen molar-refractivity contribution < 1.29 is 24.5 Å². The van der Waals surface area contributed by atoms with Gasteiger partial charge in [-0.1, -0.05) is 0 Å². The lowest BCUT2D eigenvalue weighted by Crippen LogP contribution is -2.72. The Bertz CT molecular complexity index is 696. The maximum absolute atomic E-state index is 12.5. The van der Waals surface area contributed by atoms with E-state index in [0.29, 0.717) is 13.8 Å². The summed E-state index contributed by atoms with van der Waals surface area (Å²) < 4.78 is 0.